The molecule has 0 saturated carbocycles. The number of Topliss-reactive ketones (excluding diaryl/α,β-unsaturated/α-hetero) is 1. The molecule has 0 aliphatic carbocycles. The van der Waals surface area contributed by atoms with E-state index in [1.165, 1.54) is 0 Å². The Kier molecular flexibility index (Phi) is 6.23. The van der Waals surface area contributed by atoms with Gasteiger partial charge in [-0.1, -0.05) is 0 Å². The van der Waals surface area contributed by atoms with Crippen molar-refractivity contribution in [2.75, 3.05) is 19.8 Å². The minimum atomic E-state index is -1.64. The molecule has 1 aliphatic rings. The summed E-state index contributed by atoms with van der Waals surface area (Å²) in [5, 5.41) is 55.1. The van der Waals surface area contributed by atoms with E-state index in [9.17, 15) is 25.2 Å². The van der Waals surface area contributed by atoms with Crippen molar-refractivity contribution in [3.05, 3.63) is 0 Å². The Balaban J connectivity index is 2.71. The number of hydrogen-bond acceptors (Lipinski definition) is 9. The number of aliphatic hydroxyl groups excluding tert-OH is 6. The van der Waals surface area contributed by atoms with E-state index in [0.717, 1.165) is 0 Å². The van der Waals surface area contributed by atoms with Gasteiger partial charge in [-0.05, 0) is 0 Å². The van der Waals surface area contributed by atoms with Crippen LogP contribution in [0.4, 0.5) is 0 Å². The first-order valence-electron chi connectivity index (χ1n) is 5.66. The topological polar surface area (TPSA) is 157 Å². The van der Waals surface area contributed by atoms with E-state index in [4.69, 9.17) is 19.7 Å². The standard InChI is InChI=1S/C10H18O9/c11-1-4(13)9(5(14)2-12)19-10-8(17)7(16)6(15)3-18-10/h4,6-13,15-17H,1-3H2/t4-,6+,7-,8+,9-,10-/m0/s1. The van der Waals surface area contributed by atoms with Crippen LogP contribution in [0.1, 0.15) is 0 Å². The van der Waals surface area contributed by atoms with Crippen molar-refractivity contribution in [2.24, 2.45) is 0 Å². The molecule has 1 saturated heterocycles. The van der Waals surface area contributed by atoms with Gasteiger partial charge in [0.15, 0.2) is 12.1 Å². The summed E-state index contributed by atoms with van der Waals surface area (Å²) in [4.78, 5) is 11.3. The summed E-state index contributed by atoms with van der Waals surface area (Å²) in [7, 11) is 0. The Morgan fingerprint density at radius 2 is 1.89 bits per heavy atom. The van der Waals surface area contributed by atoms with E-state index in [1.807, 2.05) is 0 Å². The van der Waals surface area contributed by atoms with Crippen LogP contribution in [0, 0.1) is 0 Å². The molecule has 0 aromatic carbocycles. The second-order valence-corrected chi connectivity index (χ2v) is 4.18. The first kappa shape index (κ1) is 16.4. The highest BCUT2D eigenvalue weighted by molar-refractivity contribution is 5.84. The Bertz CT molecular complexity index is 297. The number of hydrogen-bond donors (Lipinski definition) is 6. The van der Waals surface area contributed by atoms with Crippen molar-refractivity contribution in [3.8, 4) is 0 Å². The van der Waals surface area contributed by atoms with Gasteiger partial charge in [-0.3, -0.25) is 4.79 Å². The fourth-order valence-corrected chi connectivity index (χ4v) is 1.61. The molecule has 6 atom stereocenters. The van der Waals surface area contributed by atoms with Crippen LogP contribution < -0.4 is 0 Å². The summed E-state index contributed by atoms with van der Waals surface area (Å²) >= 11 is 0. The number of carbonyl (C=O) groups is 1. The molecule has 1 rings (SSSR count). The van der Waals surface area contributed by atoms with E-state index in [0.29, 0.717) is 0 Å². The van der Waals surface area contributed by atoms with Crippen molar-refractivity contribution < 1.29 is 44.9 Å². The van der Waals surface area contributed by atoms with Crippen LogP contribution in [-0.4, -0.2) is 93.1 Å². The number of ether oxygens (including phenoxy) is 2. The summed E-state index contributed by atoms with van der Waals surface area (Å²) in [5.74, 6) is -0.919. The largest absolute Gasteiger partial charge is 0.394 e. The van der Waals surface area contributed by atoms with Crippen molar-refractivity contribution in [2.45, 2.75) is 36.8 Å². The normalized spacial score (nSPS) is 34.8. The first-order valence-corrected chi connectivity index (χ1v) is 5.66. The third kappa shape index (κ3) is 3.91. The second kappa shape index (κ2) is 7.22. The van der Waals surface area contributed by atoms with Gasteiger partial charge in [-0.15, -0.1) is 0 Å². The van der Waals surface area contributed by atoms with Crippen LogP contribution in [0.15, 0.2) is 0 Å². The van der Waals surface area contributed by atoms with Gasteiger partial charge in [0.1, 0.15) is 37.1 Å². The number of aliphatic hydroxyl groups is 6. The van der Waals surface area contributed by atoms with E-state index in [2.05, 4.69) is 0 Å². The molecule has 0 amide bonds. The highest BCUT2D eigenvalue weighted by Gasteiger charge is 2.41. The zero-order valence-corrected chi connectivity index (χ0v) is 9.99. The van der Waals surface area contributed by atoms with Crippen LogP contribution >= 0.6 is 0 Å². The first-order chi connectivity index (χ1) is 8.92. The fraction of sp³-hybridized carbons (Fsp3) is 0.900. The van der Waals surface area contributed by atoms with E-state index < -0.39 is 55.8 Å². The molecule has 1 heterocycles. The highest BCUT2D eigenvalue weighted by Crippen LogP contribution is 2.19. The minimum Gasteiger partial charge on any atom is -0.394 e. The van der Waals surface area contributed by atoms with Gasteiger partial charge in [-0.25, -0.2) is 0 Å². The van der Waals surface area contributed by atoms with Crippen LogP contribution in [0.25, 0.3) is 0 Å². The van der Waals surface area contributed by atoms with Crippen molar-refractivity contribution in [1.29, 1.82) is 0 Å². The molecular weight excluding hydrogens is 264 g/mol. The van der Waals surface area contributed by atoms with Crippen LogP contribution in [0.5, 0.6) is 0 Å². The van der Waals surface area contributed by atoms with Gasteiger partial charge in [0, 0.05) is 0 Å². The van der Waals surface area contributed by atoms with E-state index in [-0.39, 0.29) is 6.61 Å². The molecule has 0 radical (unpaired) electrons. The number of carbonyl (C=O) groups excluding carboxylic acids is 1. The molecule has 112 valence electrons. The summed E-state index contributed by atoms with van der Waals surface area (Å²) in [6.45, 7) is -2.07. The minimum absolute atomic E-state index is 0.335. The van der Waals surface area contributed by atoms with Gasteiger partial charge in [0.2, 0.25) is 0 Å². The van der Waals surface area contributed by atoms with Crippen LogP contribution in [0.2, 0.25) is 0 Å². The zero-order valence-electron chi connectivity index (χ0n) is 9.99. The summed E-state index contributed by atoms with van der Waals surface area (Å²) < 4.78 is 9.85. The third-order valence-corrected chi connectivity index (χ3v) is 2.74. The van der Waals surface area contributed by atoms with Crippen molar-refractivity contribution in [3.63, 3.8) is 0 Å². The van der Waals surface area contributed by atoms with Crippen LogP contribution in [-0.2, 0) is 14.3 Å². The average Bonchev–Trinajstić information content (AvgIpc) is 2.42. The average molecular weight is 282 g/mol. The van der Waals surface area contributed by atoms with Gasteiger partial charge < -0.3 is 40.1 Å². The number of rotatable bonds is 6. The molecule has 6 N–H and O–H groups in total. The Morgan fingerprint density at radius 1 is 1.26 bits per heavy atom. The Labute approximate surface area is 108 Å². The van der Waals surface area contributed by atoms with Crippen LogP contribution in [0.3, 0.4) is 0 Å². The summed E-state index contributed by atoms with van der Waals surface area (Å²) in [6, 6.07) is 0. The molecule has 1 fully saturated rings. The van der Waals surface area contributed by atoms with E-state index >= 15 is 0 Å². The molecule has 9 nitrogen and oxygen atoms in total. The molecule has 0 aromatic rings. The summed E-state index contributed by atoms with van der Waals surface area (Å²) in [6.07, 6.45) is -9.17. The van der Waals surface area contributed by atoms with Gasteiger partial charge in [-0.2, -0.15) is 0 Å². The lowest BCUT2D eigenvalue weighted by molar-refractivity contribution is -0.287. The zero-order chi connectivity index (χ0) is 14.6. The maximum absolute atomic E-state index is 11.3. The molecule has 0 aromatic heterocycles. The quantitative estimate of drug-likeness (QED) is 0.284. The molecule has 19 heavy (non-hydrogen) atoms. The Morgan fingerprint density at radius 3 is 2.42 bits per heavy atom. The number of ketones is 1. The molecule has 9 heteroatoms. The lowest BCUT2D eigenvalue weighted by Gasteiger charge is -2.36. The van der Waals surface area contributed by atoms with Crippen molar-refractivity contribution in [1.82, 2.24) is 0 Å². The van der Waals surface area contributed by atoms with Gasteiger partial charge in [0.05, 0.1) is 13.2 Å². The molecular formula is C10H18O9. The maximum Gasteiger partial charge on any atom is 0.189 e. The molecule has 0 bridgehead atoms. The predicted octanol–water partition coefficient (Wildman–Crippen LogP) is -4.27. The molecule has 1 aliphatic heterocycles. The molecule has 0 spiro atoms. The SMILES string of the molecule is O=C(CO)[C@@H](O[C@@H]1OC[C@@H](O)[C@H](O)[C@H]1O)[C@@H](O)CO. The maximum atomic E-state index is 11.3. The van der Waals surface area contributed by atoms with Crippen molar-refractivity contribution >= 4 is 5.78 Å². The van der Waals surface area contributed by atoms with E-state index in [1.54, 1.807) is 0 Å². The molecule has 0 unspecified atom stereocenters. The summed E-state index contributed by atoms with van der Waals surface area (Å²) in [5.41, 5.74) is 0. The predicted molar refractivity (Wildman–Crippen MR) is 57.8 cm³/mol. The Hall–Kier alpha value is -0.650. The lowest BCUT2D eigenvalue weighted by atomic mass is 10.0. The fourth-order valence-electron chi connectivity index (χ4n) is 1.61. The second-order valence-electron chi connectivity index (χ2n) is 4.18. The third-order valence-electron chi connectivity index (χ3n) is 2.74. The monoisotopic (exact) mass is 282 g/mol. The smallest absolute Gasteiger partial charge is 0.189 e. The van der Waals surface area contributed by atoms with Gasteiger partial charge in [0.25, 0.3) is 0 Å². The van der Waals surface area contributed by atoms with Gasteiger partial charge >= 0.3 is 0 Å². The lowest BCUT2D eigenvalue weighted by Crippen LogP contribution is -2.56. The highest BCUT2D eigenvalue weighted by atomic mass is 16.7.